The lowest BCUT2D eigenvalue weighted by molar-refractivity contribution is 0.00668. The van der Waals surface area contributed by atoms with E-state index in [-0.39, 0.29) is 11.8 Å². The van der Waals surface area contributed by atoms with Crippen molar-refractivity contribution in [1.82, 2.24) is 15.0 Å². The van der Waals surface area contributed by atoms with Crippen molar-refractivity contribution in [2.45, 2.75) is 19.8 Å². The number of nitrogens with zero attached hydrogens (tertiary/aromatic N) is 4. The van der Waals surface area contributed by atoms with Gasteiger partial charge < -0.3 is 25.0 Å². The van der Waals surface area contributed by atoms with Gasteiger partial charge in [0.25, 0.3) is 5.91 Å². The number of nitrogens with one attached hydrogen (secondary N) is 2. The second-order valence-electron chi connectivity index (χ2n) is 8.75. The number of carbonyl (C=O) groups is 1. The quantitative estimate of drug-likeness (QED) is 0.537. The third kappa shape index (κ3) is 5.26. The Morgan fingerprint density at radius 1 is 1.09 bits per heavy atom. The maximum atomic E-state index is 13.0. The topological polar surface area (TPSA) is 102 Å². The van der Waals surface area contributed by atoms with Gasteiger partial charge in [-0.2, -0.15) is 4.98 Å². The largest absolute Gasteiger partial charge is 0.380 e. The molecule has 0 unspecified atom stereocenters. The van der Waals surface area contributed by atoms with Crippen LogP contribution in [0.5, 0.6) is 0 Å². The molecule has 2 N–H and O–H groups in total. The first-order valence-corrected chi connectivity index (χ1v) is 12.0. The molecule has 0 spiro atoms. The van der Waals surface area contributed by atoms with Gasteiger partial charge in [0.05, 0.1) is 32.1 Å². The van der Waals surface area contributed by atoms with Gasteiger partial charge in [0, 0.05) is 60.3 Å². The van der Waals surface area contributed by atoms with Gasteiger partial charge in [0.1, 0.15) is 5.82 Å². The first-order chi connectivity index (χ1) is 17.1. The molecule has 0 bridgehead atoms. The highest BCUT2D eigenvalue weighted by atomic mass is 16.5. The molecule has 9 heteroatoms. The van der Waals surface area contributed by atoms with Crippen molar-refractivity contribution in [3.8, 4) is 11.3 Å². The number of morpholine rings is 1. The number of pyridine rings is 1. The van der Waals surface area contributed by atoms with E-state index in [1.807, 2.05) is 44.2 Å². The first kappa shape index (κ1) is 23.2. The standard InChI is InChI=1S/C26H30N6O3/c1-3-27-26-30-23(14-24(31-26)32-8-10-34-11-9-32)21-13-20(5-4-17(21)2)29-25(33)18-6-7-28-22(12-18)19-15-35-16-19/h4-7,12-14,19H,3,8-11,15-16H2,1-2H3,(H,29,33)(H,27,30,31). The van der Waals surface area contributed by atoms with Crippen LogP contribution in [0.2, 0.25) is 0 Å². The zero-order chi connectivity index (χ0) is 24.2. The molecule has 2 aromatic heterocycles. The smallest absolute Gasteiger partial charge is 0.255 e. The normalized spacial score (nSPS) is 16.0. The Balaban J connectivity index is 1.42. The fourth-order valence-corrected chi connectivity index (χ4v) is 4.16. The lowest BCUT2D eigenvalue weighted by Crippen LogP contribution is -2.37. The first-order valence-electron chi connectivity index (χ1n) is 12.0. The average molecular weight is 475 g/mol. The number of hydrogen-bond acceptors (Lipinski definition) is 8. The van der Waals surface area contributed by atoms with E-state index in [2.05, 4.69) is 20.5 Å². The molecule has 1 amide bonds. The number of anilines is 3. The molecule has 0 radical (unpaired) electrons. The van der Waals surface area contributed by atoms with Crippen LogP contribution in [0.4, 0.5) is 17.5 Å². The van der Waals surface area contributed by atoms with Crippen LogP contribution in [0.15, 0.2) is 42.6 Å². The van der Waals surface area contributed by atoms with Crippen molar-refractivity contribution in [3.05, 3.63) is 59.4 Å². The van der Waals surface area contributed by atoms with Crippen LogP contribution < -0.4 is 15.5 Å². The van der Waals surface area contributed by atoms with Crippen LogP contribution in [0.25, 0.3) is 11.3 Å². The predicted molar refractivity (Wildman–Crippen MR) is 135 cm³/mol. The van der Waals surface area contributed by atoms with Gasteiger partial charge >= 0.3 is 0 Å². The van der Waals surface area contributed by atoms with Crippen LogP contribution in [0, 0.1) is 6.92 Å². The number of rotatable bonds is 7. The van der Waals surface area contributed by atoms with Crippen molar-refractivity contribution in [2.24, 2.45) is 0 Å². The SMILES string of the molecule is CCNc1nc(-c2cc(NC(=O)c3ccnc(C4COC4)c3)ccc2C)cc(N2CCOCC2)n1. The summed E-state index contributed by atoms with van der Waals surface area (Å²) >= 11 is 0. The molecule has 0 atom stereocenters. The summed E-state index contributed by atoms with van der Waals surface area (Å²) < 4.78 is 10.8. The average Bonchev–Trinajstić information content (AvgIpc) is 2.85. The zero-order valence-corrected chi connectivity index (χ0v) is 20.1. The van der Waals surface area contributed by atoms with E-state index in [0.717, 1.165) is 48.0 Å². The van der Waals surface area contributed by atoms with Crippen LogP contribution in [0.3, 0.4) is 0 Å². The van der Waals surface area contributed by atoms with Gasteiger partial charge in [0.2, 0.25) is 5.95 Å². The molecule has 3 aromatic rings. The number of aryl methyl sites for hydroxylation is 1. The molecule has 2 fully saturated rings. The Morgan fingerprint density at radius 2 is 1.91 bits per heavy atom. The Bertz CT molecular complexity index is 1210. The molecule has 35 heavy (non-hydrogen) atoms. The van der Waals surface area contributed by atoms with E-state index in [0.29, 0.717) is 43.6 Å². The highest BCUT2D eigenvalue weighted by Crippen LogP contribution is 2.29. The molecule has 182 valence electrons. The van der Waals surface area contributed by atoms with Gasteiger partial charge in [-0.1, -0.05) is 6.07 Å². The molecule has 1 aromatic carbocycles. The number of amides is 1. The maximum Gasteiger partial charge on any atom is 0.255 e. The van der Waals surface area contributed by atoms with E-state index in [1.165, 1.54) is 0 Å². The van der Waals surface area contributed by atoms with Crippen LogP contribution in [-0.2, 0) is 9.47 Å². The van der Waals surface area contributed by atoms with Crippen LogP contribution in [-0.4, -0.2) is 66.9 Å². The predicted octanol–water partition coefficient (Wildman–Crippen LogP) is 3.48. The number of aromatic nitrogens is 3. The Hall–Kier alpha value is -3.56. The summed E-state index contributed by atoms with van der Waals surface area (Å²) in [6.45, 7) is 9.04. The van der Waals surface area contributed by atoms with Crippen molar-refractivity contribution < 1.29 is 14.3 Å². The van der Waals surface area contributed by atoms with Gasteiger partial charge in [-0.25, -0.2) is 4.98 Å². The summed E-state index contributed by atoms with van der Waals surface area (Å²) in [4.78, 5) is 29.1. The summed E-state index contributed by atoms with van der Waals surface area (Å²) in [5.74, 6) is 1.55. The van der Waals surface area contributed by atoms with E-state index >= 15 is 0 Å². The molecule has 2 aliphatic rings. The minimum absolute atomic E-state index is 0.172. The van der Waals surface area contributed by atoms with Gasteiger partial charge in [-0.3, -0.25) is 9.78 Å². The Morgan fingerprint density at radius 3 is 2.66 bits per heavy atom. The van der Waals surface area contributed by atoms with Crippen LogP contribution >= 0.6 is 0 Å². The maximum absolute atomic E-state index is 13.0. The Labute approximate surface area is 204 Å². The zero-order valence-electron chi connectivity index (χ0n) is 20.1. The van der Waals surface area contributed by atoms with Crippen molar-refractivity contribution in [3.63, 3.8) is 0 Å². The molecular formula is C26H30N6O3. The molecule has 5 rings (SSSR count). The van der Waals surface area contributed by atoms with Gasteiger partial charge in [0.15, 0.2) is 0 Å². The monoisotopic (exact) mass is 474 g/mol. The van der Waals surface area contributed by atoms with E-state index in [4.69, 9.17) is 19.4 Å². The fraction of sp³-hybridized carbons (Fsp3) is 0.385. The van der Waals surface area contributed by atoms with Crippen molar-refractivity contribution in [2.75, 3.05) is 61.6 Å². The minimum Gasteiger partial charge on any atom is -0.380 e. The number of hydrogen-bond donors (Lipinski definition) is 2. The van der Waals surface area contributed by atoms with Crippen molar-refractivity contribution in [1.29, 1.82) is 0 Å². The number of ether oxygens (including phenoxy) is 2. The van der Waals surface area contributed by atoms with Crippen molar-refractivity contribution >= 4 is 23.4 Å². The molecular weight excluding hydrogens is 444 g/mol. The summed E-state index contributed by atoms with van der Waals surface area (Å²) in [5.41, 5.74) is 4.99. The van der Waals surface area contributed by atoms with Gasteiger partial charge in [-0.15, -0.1) is 0 Å². The molecule has 4 heterocycles. The minimum atomic E-state index is -0.172. The fourth-order valence-electron chi connectivity index (χ4n) is 4.16. The number of carbonyl (C=O) groups excluding carboxylic acids is 1. The summed E-state index contributed by atoms with van der Waals surface area (Å²) in [5, 5.41) is 6.28. The summed E-state index contributed by atoms with van der Waals surface area (Å²) in [6, 6.07) is 11.5. The van der Waals surface area contributed by atoms with Crippen LogP contribution in [0.1, 0.15) is 34.5 Å². The molecule has 2 saturated heterocycles. The summed E-state index contributed by atoms with van der Waals surface area (Å²) in [7, 11) is 0. The molecule has 0 aliphatic carbocycles. The molecule has 2 aliphatic heterocycles. The molecule has 9 nitrogen and oxygen atoms in total. The lowest BCUT2D eigenvalue weighted by Gasteiger charge is -2.28. The second kappa shape index (κ2) is 10.4. The Kier molecular flexibility index (Phi) is 6.87. The third-order valence-corrected chi connectivity index (χ3v) is 6.25. The van der Waals surface area contributed by atoms with E-state index < -0.39 is 0 Å². The summed E-state index contributed by atoms with van der Waals surface area (Å²) in [6.07, 6.45) is 1.68. The highest BCUT2D eigenvalue weighted by molar-refractivity contribution is 6.04. The second-order valence-corrected chi connectivity index (χ2v) is 8.75. The lowest BCUT2D eigenvalue weighted by atomic mass is 10.0. The molecule has 0 saturated carbocycles. The number of benzene rings is 1. The van der Waals surface area contributed by atoms with E-state index in [9.17, 15) is 4.79 Å². The third-order valence-electron chi connectivity index (χ3n) is 6.25. The highest BCUT2D eigenvalue weighted by Gasteiger charge is 2.23. The van der Waals surface area contributed by atoms with Gasteiger partial charge in [-0.05, 0) is 43.7 Å². The van der Waals surface area contributed by atoms with E-state index in [1.54, 1.807) is 12.3 Å².